The van der Waals surface area contributed by atoms with Gasteiger partial charge in [-0.15, -0.1) is 0 Å². The van der Waals surface area contributed by atoms with Gasteiger partial charge in [-0.2, -0.15) is 5.10 Å². The first-order chi connectivity index (χ1) is 8.75. The number of hydrogen-bond donors (Lipinski definition) is 1. The molecule has 2 aromatic heterocycles. The molecule has 0 saturated heterocycles. The molecule has 0 aromatic carbocycles. The topological polar surface area (TPSA) is 72.2 Å². The molecule has 3 heterocycles. The molecule has 0 atom stereocenters. The van der Waals surface area contributed by atoms with Crippen molar-refractivity contribution in [3.8, 4) is 0 Å². The van der Waals surface area contributed by atoms with Crippen molar-refractivity contribution >= 4 is 22.7 Å². The third-order valence-corrected chi connectivity index (χ3v) is 2.78. The van der Waals surface area contributed by atoms with Crippen LogP contribution in [0.5, 0.6) is 0 Å². The van der Waals surface area contributed by atoms with Crippen LogP contribution in [-0.2, 0) is 11.3 Å². The fourth-order valence-electron chi connectivity index (χ4n) is 2.06. The molecule has 2 aromatic rings. The Morgan fingerprint density at radius 1 is 1.56 bits per heavy atom. The Kier molecular flexibility index (Phi) is 2.55. The van der Waals surface area contributed by atoms with Crippen molar-refractivity contribution in [1.82, 2.24) is 20.1 Å². The van der Waals surface area contributed by atoms with Crippen LogP contribution in [0.25, 0.3) is 11.0 Å². The zero-order chi connectivity index (χ0) is 12.5. The van der Waals surface area contributed by atoms with Gasteiger partial charge in [-0.25, -0.2) is 9.67 Å². The highest BCUT2D eigenvalue weighted by molar-refractivity contribution is 6.07. The Morgan fingerprint density at radius 2 is 2.44 bits per heavy atom. The Bertz CT molecular complexity index is 643. The van der Waals surface area contributed by atoms with E-state index in [4.69, 9.17) is 0 Å². The van der Waals surface area contributed by atoms with Gasteiger partial charge in [0.05, 0.1) is 11.9 Å². The predicted molar refractivity (Wildman–Crippen MR) is 67.6 cm³/mol. The maximum Gasteiger partial charge on any atom is 0.158 e. The second-order valence-electron chi connectivity index (χ2n) is 4.24. The second kappa shape index (κ2) is 4.21. The zero-order valence-corrected chi connectivity index (χ0v) is 10.1. The summed E-state index contributed by atoms with van der Waals surface area (Å²) in [6.45, 7) is 3.37. The van der Waals surface area contributed by atoms with Crippen LogP contribution in [0.15, 0.2) is 23.3 Å². The fraction of sp³-hybridized carbons (Fsp3) is 0.333. The standard InChI is InChI=1S/C12H13N5O/c1-8(18)7-17-12-9(3-2-4-15-12)10(16-17)11-13-5-6-14-11/h2-4H,5-7H2,1H3,(H,13,14). The van der Waals surface area contributed by atoms with E-state index in [0.29, 0.717) is 0 Å². The molecule has 0 fully saturated rings. The maximum atomic E-state index is 11.3. The van der Waals surface area contributed by atoms with E-state index < -0.39 is 0 Å². The second-order valence-corrected chi connectivity index (χ2v) is 4.24. The Morgan fingerprint density at radius 3 is 3.17 bits per heavy atom. The lowest BCUT2D eigenvalue weighted by molar-refractivity contribution is -0.117. The number of hydrogen-bond acceptors (Lipinski definition) is 5. The molecule has 0 amide bonds. The van der Waals surface area contributed by atoms with Gasteiger partial charge in [-0.3, -0.25) is 9.79 Å². The van der Waals surface area contributed by atoms with E-state index in [1.807, 2.05) is 12.1 Å². The summed E-state index contributed by atoms with van der Waals surface area (Å²) in [4.78, 5) is 19.9. The van der Waals surface area contributed by atoms with Crippen molar-refractivity contribution in [2.24, 2.45) is 4.99 Å². The van der Waals surface area contributed by atoms with E-state index in [0.717, 1.165) is 35.7 Å². The van der Waals surface area contributed by atoms with Crippen molar-refractivity contribution in [2.75, 3.05) is 13.1 Å². The van der Waals surface area contributed by atoms with Crippen molar-refractivity contribution < 1.29 is 4.79 Å². The Hall–Kier alpha value is -2.24. The zero-order valence-electron chi connectivity index (χ0n) is 10.1. The fourth-order valence-corrected chi connectivity index (χ4v) is 2.06. The van der Waals surface area contributed by atoms with E-state index in [1.165, 1.54) is 0 Å². The van der Waals surface area contributed by atoms with E-state index in [9.17, 15) is 4.79 Å². The highest BCUT2D eigenvalue weighted by Gasteiger charge is 2.18. The number of amidine groups is 1. The van der Waals surface area contributed by atoms with Gasteiger partial charge >= 0.3 is 0 Å². The Labute approximate surface area is 104 Å². The van der Waals surface area contributed by atoms with Crippen LogP contribution in [0.4, 0.5) is 0 Å². The Balaban J connectivity index is 2.17. The van der Waals surface area contributed by atoms with Gasteiger partial charge in [0.2, 0.25) is 0 Å². The number of carbonyl (C=O) groups excluding carboxylic acids is 1. The average Bonchev–Trinajstić information content (AvgIpc) is 2.96. The van der Waals surface area contributed by atoms with Crippen LogP contribution in [0.2, 0.25) is 0 Å². The SMILES string of the molecule is CC(=O)Cn1nc(C2=NCCN2)c2cccnc21. The monoisotopic (exact) mass is 243 g/mol. The number of nitrogens with zero attached hydrogens (tertiary/aromatic N) is 4. The van der Waals surface area contributed by atoms with Gasteiger partial charge in [0.1, 0.15) is 18.1 Å². The molecule has 0 bridgehead atoms. The summed E-state index contributed by atoms with van der Waals surface area (Å²) in [5.41, 5.74) is 1.50. The number of pyridine rings is 1. The number of aromatic nitrogens is 3. The number of carbonyl (C=O) groups is 1. The molecule has 0 aliphatic carbocycles. The van der Waals surface area contributed by atoms with Crippen molar-refractivity contribution in [3.63, 3.8) is 0 Å². The third kappa shape index (κ3) is 1.75. The normalized spacial score (nSPS) is 14.6. The molecule has 3 rings (SSSR count). The number of fused-ring (bicyclic) bond motifs is 1. The lowest BCUT2D eigenvalue weighted by Gasteiger charge is -1.98. The molecule has 0 saturated carbocycles. The molecule has 6 nitrogen and oxygen atoms in total. The van der Waals surface area contributed by atoms with Crippen LogP contribution >= 0.6 is 0 Å². The van der Waals surface area contributed by atoms with Gasteiger partial charge in [-0.05, 0) is 19.1 Å². The van der Waals surface area contributed by atoms with Gasteiger partial charge < -0.3 is 5.32 Å². The average molecular weight is 243 g/mol. The maximum absolute atomic E-state index is 11.3. The van der Waals surface area contributed by atoms with E-state index >= 15 is 0 Å². The minimum atomic E-state index is 0.0536. The molecule has 0 unspecified atom stereocenters. The van der Waals surface area contributed by atoms with Crippen LogP contribution in [0.1, 0.15) is 12.6 Å². The highest BCUT2D eigenvalue weighted by atomic mass is 16.1. The smallest absolute Gasteiger partial charge is 0.158 e. The predicted octanol–water partition coefficient (Wildman–Crippen LogP) is 0.370. The lowest BCUT2D eigenvalue weighted by atomic mass is 10.2. The summed E-state index contributed by atoms with van der Waals surface area (Å²) >= 11 is 0. The molecule has 1 aliphatic rings. The molecule has 1 aliphatic heterocycles. The molecular weight excluding hydrogens is 230 g/mol. The van der Waals surface area contributed by atoms with E-state index in [1.54, 1.807) is 17.8 Å². The third-order valence-electron chi connectivity index (χ3n) is 2.78. The first-order valence-electron chi connectivity index (χ1n) is 5.85. The van der Waals surface area contributed by atoms with Crippen LogP contribution in [-0.4, -0.2) is 39.5 Å². The summed E-state index contributed by atoms with van der Waals surface area (Å²) in [6.07, 6.45) is 1.70. The summed E-state index contributed by atoms with van der Waals surface area (Å²) in [5.74, 6) is 0.841. The minimum Gasteiger partial charge on any atom is -0.367 e. The molecular formula is C12H13N5O. The molecule has 0 radical (unpaired) electrons. The summed E-state index contributed by atoms with van der Waals surface area (Å²) in [5, 5.41) is 8.57. The molecule has 6 heteroatoms. The quantitative estimate of drug-likeness (QED) is 0.845. The number of Topliss-reactive ketones (excluding diaryl/α,β-unsaturated/α-hetero) is 1. The summed E-state index contributed by atoms with van der Waals surface area (Å²) < 4.78 is 1.63. The number of nitrogens with one attached hydrogen (secondary N) is 1. The summed E-state index contributed by atoms with van der Waals surface area (Å²) in [6, 6.07) is 3.81. The first kappa shape index (κ1) is 10.9. The van der Waals surface area contributed by atoms with Gasteiger partial charge in [0, 0.05) is 12.7 Å². The molecule has 1 N–H and O–H groups in total. The molecule has 0 spiro atoms. The van der Waals surface area contributed by atoms with E-state index in [-0.39, 0.29) is 12.3 Å². The van der Waals surface area contributed by atoms with Crippen LogP contribution in [0, 0.1) is 0 Å². The largest absolute Gasteiger partial charge is 0.367 e. The lowest BCUT2D eigenvalue weighted by Crippen LogP contribution is -2.20. The highest BCUT2D eigenvalue weighted by Crippen LogP contribution is 2.17. The van der Waals surface area contributed by atoms with Crippen LogP contribution in [0.3, 0.4) is 0 Å². The first-order valence-corrected chi connectivity index (χ1v) is 5.85. The van der Waals surface area contributed by atoms with Crippen molar-refractivity contribution in [3.05, 3.63) is 24.0 Å². The summed E-state index contributed by atoms with van der Waals surface area (Å²) in [7, 11) is 0. The number of aliphatic imine (C=N–C) groups is 1. The van der Waals surface area contributed by atoms with Crippen molar-refractivity contribution in [1.29, 1.82) is 0 Å². The number of rotatable bonds is 3. The molecule has 18 heavy (non-hydrogen) atoms. The minimum absolute atomic E-state index is 0.0536. The van der Waals surface area contributed by atoms with Gasteiger partial charge in [0.15, 0.2) is 11.4 Å². The van der Waals surface area contributed by atoms with E-state index in [2.05, 4.69) is 20.4 Å². The number of ketones is 1. The molecule has 92 valence electrons. The van der Waals surface area contributed by atoms with Gasteiger partial charge in [0.25, 0.3) is 0 Å². The van der Waals surface area contributed by atoms with Gasteiger partial charge in [-0.1, -0.05) is 0 Å². The van der Waals surface area contributed by atoms with Crippen molar-refractivity contribution in [2.45, 2.75) is 13.5 Å². The van der Waals surface area contributed by atoms with Crippen LogP contribution < -0.4 is 5.32 Å².